The Balaban J connectivity index is 2.79. The predicted molar refractivity (Wildman–Crippen MR) is 77.0 cm³/mol. The maximum absolute atomic E-state index is 11.5. The number of carbonyl (C=O) groups excluding carboxylic acids is 1. The van der Waals surface area contributed by atoms with Gasteiger partial charge in [-0.2, -0.15) is 15.6 Å². The average Bonchev–Trinajstić information content (AvgIpc) is 2.43. The smallest absolute Gasteiger partial charge is 0.237 e. The van der Waals surface area contributed by atoms with E-state index in [1.54, 1.807) is 30.3 Å². The van der Waals surface area contributed by atoms with Gasteiger partial charge in [-0.25, -0.2) is 0 Å². The molecule has 0 aliphatic heterocycles. The number of hydrazone groups is 1. The Hall–Kier alpha value is -2.86. The first-order valence-corrected chi connectivity index (χ1v) is 6.15. The minimum Gasteiger partial charge on any atom is -0.326 e. The van der Waals surface area contributed by atoms with E-state index in [1.165, 1.54) is 0 Å². The summed E-state index contributed by atoms with van der Waals surface area (Å²) in [6, 6.07) is 8.55. The third-order valence-electron chi connectivity index (χ3n) is 2.49. The van der Waals surface area contributed by atoms with E-state index in [0.29, 0.717) is 12.1 Å². The van der Waals surface area contributed by atoms with Crippen molar-refractivity contribution in [3.05, 3.63) is 23.8 Å². The summed E-state index contributed by atoms with van der Waals surface area (Å²) in [6.07, 6.45) is 1.28. The first kappa shape index (κ1) is 15.2. The second kappa shape index (κ2) is 7.55. The van der Waals surface area contributed by atoms with E-state index in [2.05, 4.69) is 15.8 Å². The van der Waals surface area contributed by atoms with Gasteiger partial charge in [-0.1, -0.05) is 6.92 Å². The Morgan fingerprint density at radius 2 is 2.05 bits per heavy atom. The molecule has 6 nitrogen and oxygen atoms in total. The molecule has 0 unspecified atom stereocenters. The Kier molecular flexibility index (Phi) is 5.74. The molecule has 102 valence electrons. The second-order valence-corrected chi connectivity index (χ2v) is 4.12. The number of anilines is 2. The number of nitrogens with one attached hydrogen (secondary N) is 2. The Morgan fingerprint density at radius 3 is 2.60 bits per heavy atom. The van der Waals surface area contributed by atoms with Gasteiger partial charge in [0.15, 0.2) is 0 Å². The number of nitriles is 2. The molecule has 0 radical (unpaired) electrons. The first-order chi connectivity index (χ1) is 9.60. The predicted octanol–water partition coefficient (Wildman–Crippen LogP) is 2.55. The number of aryl methyl sites for hydroxylation is 1. The first-order valence-electron chi connectivity index (χ1n) is 6.15. The molecule has 0 atom stereocenters. The third kappa shape index (κ3) is 4.43. The van der Waals surface area contributed by atoms with Gasteiger partial charge in [0.1, 0.15) is 12.1 Å². The van der Waals surface area contributed by atoms with Crippen molar-refractivity contribution in [2.24, 2.45) is 5.10 Å². The fourth-order valence-corrected chi connectivity index (χ4v) is 1.51. The Labute approximate surface area is 117 Å². The monoisotopic (exact) mass is 269 g/mol. The van der Waals surface area contributed by atoms with E-state index in [0.717, 1.165) is 17.7 Å². The molecule has 6 heteroatoms. The molecule has 20 heavy (non-hydrogen) atoms. The number of amides is 1. The van der Waals surface area contributed by atoms with E-state index in [4.69, 9.17) is 10.5 Å². The maximum atomic E-state index is 11.5. The van der Waals surface area contributed by atoms with Crippen LogP contribution in [0.15, 0.2) is 23.3 Å². The van der Waals surface area contributed by atoms with Crippen LogP contribution in [0.2, 0.25) is 0 Å². The minimum absolute atomic E-state index is 0.0226. The standard InChI is InChI=1S/C14H15N5O/c1-3-4-14(20)17-13-6-5-11(7-10(13)2)18-19-12(8-15)9-16/h5-7,18H,3-4H2,1-2H3,(H,17,20). The maximum Gasteiger partial charge on any atom is 0.237 e. The number of nitrogens with zero attached hydrogens (tertiary/aromatic N) is 3. The van der Waals surface area contributed by atoms with Crippen LogP contribution >= 0.6 is 0 Å². The van der Waals surface area contributed by atoms with Gasteiger partial charge < -0.3 is 5.32 Å². The molecule has 1 aromatic carbocycles. The van der Waals surface area contributed by atoms with Crippen molar-refractivity contribution in [2.45, 2.75) is 26.7 Å². The van der Waals surface area contributed by atoms with Gasteiger partial charge in [0.2, 0.25) is 11.6 Å². The van der Waals surface area contributed by atoms with Gasteiger partial charge in [0.05, 0.1) is 5.69 Å². The highest BCUT2D eigenvalue weighted by Crippen LogP contribution is 2.20. The largest absolute Gasteiger partial charge is 0.326 e. The zero-order chi connectivity index (χ0) is 15.0. The molecule has 1 rings (SSSR count). The van der Waals surface area contributed by atoms with Crippen LogP contribution in [0.1, 0.15) is 25.3 Å². The SMILES string of the molecule is CCCC(=O)Nc1ccc(NN=C(C#N)C#N)cc1C. The molecule has 0 bridgehead atoms. The number of benzene rings is 1. The Bertz CT molecular complexity index is 591. The van der Waals surface area contributed by atoms with Crippen molar-refractivity contribution in [3.8, 4) is 12.1 Å². The Morgan fingerprint density at radius 1 is 1.35 bits per heavy atom. The molecule has 0 aromatic heterocycles. The van der Waals surface area contributed by atoms with Crippen molar-refractivity contribution in [3.63, 3.8) is 0 Å². The van der Waals surface area contributed by atoms with Crippen LogP contribution < -0.4 is 10.7 Å². The number of hydrogen-bond donors (Lipinski definition) is 2. The third-order valence-corrected chi connectivity index (χ3v) is 2.49. The van der Waals surface area contributed by atoms with Gasteiger partial charge in [0.25, 0.3) is 0 Å². The lowest BCUT2D eigenvalue weighted by Gasteiger charge is -2.09. The van der Waals surface area contributed by atoms with Crippen LogP contribution in [0.25, 0.3) is 0 Å². The molecule has 1 aromatic rings. The topological polar surface area (TPSA) is 101 Å². The van der Waals surface area contributed by atoms with Crippen LogP contribution in [0.4, 0.5) is 11.4 Å². The second-order valence-electron chi connectivity index (χ2n) is 4.12. The summed E-state index contributed by atoms with van der Waals surface area (Å²) in [5.41, 5.74) is 4.61. The van der Waals surface area contributed by atoms with E-state index < -0.39 is 0 Å². The molecular weight excluding hydrogens is 254 g/mol. The van der Waals surface area contributed by atoms with Crippen molar-refractivity contribution in [2.75, 3.05) is 10.7 Å². The lowest BCUT2D eigenvalue weighted by atomic mass is 10.1. The van der Waals surface area contributed by atoms with Gasteiger partial charge in [-0.3, -0.25) is 10.2 Å². The van der Waals surface area contributed by atoms with Crippen LogP contribution in [0.3, 0.4) is 0 Å². The summed E-state index contributed by atoms with van der Waals surface area (Å²) in [7, 11) is 0. The van der Waals surface area contributed by atoms with Crippen LogP contribution in [0, 0.1) is 29.6 Å². The molecule has 0 fully saturated rings. The lowest BCUT2D eigenvalue weighted by molar-refractivity contribution is -0.116. The number of hydrogen-bond acceptors (Lipinski definition) is 5. The molecule has 0 saturated heterocycles. The summed E-state index contributed by atoms with van der Waals surface area (Å²) in [4.78, 5) is 11.5. The fourth-order valence-electron chi connectivity index (χ4n) is 1.51. The molecular formula is C14H15N5O. The zero-order valence-electron chi connectivity index (χ0n) is 11.4. The van der Waals surface area contributed by atoms with E-state index >= 15 is 0 Å². The quantitative estimate of drug-likeness (QED) is 0.633. The van der Waals surface area contributed by atoms with Crippen LogP contribution in [-0.4, -0.2) is 11.6 Å². The molecule has 0 aliphatic carbocycles. The minimum atomic E-state index is -0.247. The number of rotatable bonds is 5. The van der Waals surface area contributed by atoms with Crippen molar-refractivity contribution in [1.29, 1.82) is 10.5 Å². The zero-order valence-corrected chi connectivity index (χ0v) is 11.4. The summed E-state index contributed by atoms with van der Waals surface area (Å²) in [5.74, 6) is -0.0226. The van der Waals surface area contributed by atoms with E-state index in [-0.39, 0.29) is 11.6 Å². The molecule has 0 saturated carbocycles. The highest BCUT2D eigenvalue weighted by atomic mass is 16.1. The van der Waals surface area contributed by atoms with Crippen molar-refractivity contribution >= 4 is 23.0 Å². The van der Waals surface area contributed by atoms with Gasteiger partial charge >= 0.3 is 0 Å². The highest BCUT2D eigenvalue weighted by Gasteiger charge is 2.04. The fraction of sp³-hybridized carbons (Fsp3) is 0.286. The van der Waals surface area contributed by atoms with Gasteiger partial charge in [-0.15, -0.1) is 0 Å². The summed E-state index contributed by atoms with van der Waals surface area (Å²) in [5, 5.41) is 23.6. The van der Waals surface area contributed by atoms with Gasteiger partial charge in [-0.05, 0) is 37.1 Å². The lowest BCUT2D eigenvalue weighted by Crippen LogP contribution is -2.11. The van der Waals surface area contributed by atoms with Crippen molar-refractivity contribution in [1.82, 2.24) is 0 Å². The summed E-state index contributed by atoms with van der Waals surface area (Å²) >= 11 is 0. The van der Waals surface area contributed by atoms with E-state index in [9.17, 15) is 4.79 Å². The van der Waals surface area contributed by atoms with Crippen molar-refractivity contribution < 1.29 is 4.79 Å². The molecule has 1 amide bonds. The average molecular weight is 269 g/mol. The molecule has 0 spiro atoms. The normalized spacial score (nSPS) is 9.00. The van der Waals surface area contributed by atoms with Crippen LogP contribution in [-0.2, 0) is 4.79 Å². The van der Waals surface area contributed by atoms with Gasteiger partial charge in [0, 0.05) is 12.1 Å². The number of carbonyl (C=O) groups is 1. The van der Waals surface area contributed by atoms with Crippen LogP contribution in [0.5, 0.6) is 0 Å². The molecule has 0 heterocycles. The molecule has 0 aliphatic rings. The van der Waals surface area contributed by atoms with E-state index in [1.807, 2.05) is 13.8 Å². The highest BCUT2D eigenvalue weighted by molar-refractivity contribution is 6.10. The summed E-state index contributed by atoms with van der Waals surface area (Å²) in [6.45, 7) is 3.80. The molecule has 2 N–H and O–H groups in total. The summed E-state index contributed by atoms with van der Waals surface area (Å²) < 4.78 is 0.